The number of nitrogens with one attached hydrogen (secondary N) is 1. The Bertz CT molecular complexity index is 215. The zero-order valence-electron chi connectivity index (χ0n) is 5.68. The van der Waals surface area contributed by atoms with Gasteiger partial charge >= 0.3 is 0 Å². The molecule has 0 bridgehead atoms. The quantitative estimate of drug-likeness (QED) is 0.515. The van der Waals surface area contributed by atoms with Crippen LogP contribution in [-0.2, 0) is 0 Å². The fraction of sp³-hybridized carbons (Fsp3) is 0.333. The molecule has 4 nitrogen and oxygen atoms in total. The molecule has 0 spiro atoms. The molecule has 3 N–H and O–H groups in total. The standard InChI is InChI=1S/C6H8N4/c1-2-10-6(4-8)5(9)3-7/h10H,2,9H2,1H3/b6-5-. The minimum Gasteiger partial charge on any atom is -0.388 e. The topological polar surface area (TPSA) is 85.6 Å². The van der Waals surface area contributed by atoms with Crippen LogP contribution >= 0.6 is 0 Å². The van der Waals surface area contributed by atoms with Crippen LogP contribution in [-0.4, -0.2) is 6.54 Å². The van der Waals surface area contributed by atoms with Crippen molar-refractivity contribution in [2.75, 3.05) is 6.54 Å². The Kier molecular flexibility index (Phi) is 3.51. The lowest BCUT2D eigenvalue weighted by Crippen LogP contribution is -2.15. The minimum atomic E-state index is -0.0654. The Balaban J connectivity index is 4.38. The fourth-order valence-corrected chi connectivity index (χ4v) is 0.428. The molecule has 0 atom stereocenters. The molecule has 0 heterocycles. The van der Waals surface area contributed by atoms with Gasteiger partial charge in [-0.2, -0.15) is 10.5 Å². The molecule has 0 aliphatic rings. The number of nitrogens with two attached hydrogens (primary N) is 1. The van der Waals surface area contributed by atoms with Crippen LogP contribution in [0, 0.1) is 22.7 Å². The molecule has 0 aromatic heterocycles. The fourth-order valence-electron chi connectivity index (χ4n) is 0.428. The molecule has 0 aromatic rings. The summed E-state index contributed by atoms with van der Waals surface area (Å²) in [5, 5.41) is 19.3. The number of hydrogen-bond donors (Lipinski definition) is 2. The zero-order valence-corrected chi connectivity index (χ0v) is 5.68. The highest BCUT2D eigenvalue weighted by molar-refractivity contribution is 5.32. The van der Waals surface area contributed by atoms with Crippen molar-refractivity contribution in [3.63, 3.8) is 0 Å². The first-order valence-electron chi connectivity index (χ1n) is 2.80. The molecule has 0 fully saturated rings. The van der Waals surface area contributed by atoms with Gasteiger partial charge in [-0.3, -0.25) is 0 Å². The molecule has 0 radical (unpaired) electrons. The van der Waals surface area contributed by atoms with Crippen LogP contribution in [0.15, 0.2) is 11.4 Å². The second-order valence-corrected chi connectivity index (χ2v) is 1.54. The molecule has 0 aliphatic carbocycles. The van der Waals surface area contributed by atoms with Crippen molar-refractivity contribution >= 4 is 0 Å². The van der Waals surface area contributed by atoms with E-state index in [1.807, 2.05) is 6.92 Å². The second-order valence-electron chi connectivity index (χ2n) is 1.54. The van der Waals surface area contributed by atoms with Gasteiger partial charge in [0.2, 0.25) is 0 Å². The first-order chi connectivity index (χ1) is 4.76. The van der Waals surface area contributed by atoms with Crippen LogP contribution in [0.4, 0.5) is 0 Å². The lowest BCUT2D eigenvalue weighted by atomic mass is 10.3. The van der Waals surface area contributed by atoms with Gasteiger partial charge in [0.05, 0.1) is 0 Å². The Labute approximate surface area is 59.5 Å². The van der Waals surface area contributed by atoms with E-state index >= 15 is 0 Å². The summed E-state index contributed by atoms with van der Waals surface area (Å²) in [6.07, 6.45) is 0. The summed E-state index contributed by atoms with van der Waals surface area (Å²) < 4.78 is 0. The first-order valence-corrected chi connectivity index (χ1v) is 2.80. The van der Waals surface area contributed by atoms with Crippen molar-refractivity contribution in [2.45, 2.75) is 6.92 Å². The summed E-state index contributed by atoms with van der Waals surface area (Å²) in [5.41, 5.74) is 5.23. The molecule has 0 rings (SSSR count). The van der Waals surface area contributed by atoms with Crippen LogP contribution < -0.4 is 11.1 Å². The highest BCUT2D eigenvalue weighted by atomic mass is 14.9. The average Bonchev–Trinajstić information content (AvgIpc) is 1.99. The van der Waals surface area contributed by atoms with Crippen LogP contribution in [0.3, 0.4) is 0 Å². The zero-order chi connectivity index (χ0) is 7.98. The van der Waals surface area contributed by atoms with E-state index in [-0.39, 0.29) is 11.4 Å². The van der Waals surface area contributed by atoms with Crippen molar-refractivity contribution in [1.82, 2.24) is 5.32 Å². The third kappa shape index (κ3) is 2.06. The first kappa shape index (κ1) is 8.32. The van der Waals surface area contributed by atoms with Gasteiger partial charge in [-0.25, -0.2) is 0 Å². The lowest BCUT2D eigenvalue weighted by molar-refractivity contribution is 0.871. The SMILES string of the molecule is CCN/C(C#N)=C(\N)C#N. The summed E-state index contributed by atoms with van der Waals surface area (Å²) >= 11 is 0. The minimum absolute atomic E-state index is 0.0654. The van der Waals surface area contributed by atoms with Gasteiger partial charge in [0.25, 0.3) is 0 Å². The van der Waals surface area contributed by atoms with Gasteiger partial charge in [0, 0.05) is 6.54 Å². The van der Waals surface area contributed by atoms with Crippen molar-refractivity contribution < 1.29 is 0 Å². The molecule has 0 saturated heterocycles. The molecule has 0 amide bonds. The monoisotopic (exact) mass is 136 g/mol. The van der Waals surface area contributed by atoms with Crippen LogP contribution in [0.25, 0.3) is 0 Å². The van der Waals surface area contributed by atoms with Crippen molar-refractivity contribution in [2.24, 2.45) is 5.73 Å². The Morgan fingerprint density at radius 1 is 1.50 bits per heavy atom. The molecule has 4 heteroatoms. The third-order valence-corrected chi connectivity index (χ3v) is 0.855. The summed E-state index contributed by atoms with van der Waals surface area (Å²) in [6.45, 7) is 2.41. The Morgan fingerprint density at radius 2 is 2.10 bits per heavy atom. The number of rotatable bonds is 2. The molecular weight excluding hydrogens is 128 g/mol. The number of hydrogen-bond acceptors (Lipinski definition) is 4. The molecule has 0 aliphatic heterocycles. The average molecular weight is 136 g/mol. The van der Waals surface area contributed by atoms with E-state index in [1.54, 1.807) is 12.1 Å². The maximum absolute atomic E-state index is 8.36. The molecule has 10 heavy (non-hydrogen) atoms. The summed E-state index contributed by atoms with van der Waals surface area (Å²) in [4.78, 5) is 0. The third-order valence-electron chi connectivity index (χ3n) is 0.855. The van der Waals surface area contributed by atoms with Gasteiger partial charge in [-0.05, 0) is 6.92 Å². The maximum Gasteiger partial charge on any atom is 0.147 e. The van der Waals surface area contributed by atoms with Gasteiger partial charge < -0.3 is 11.1 Å². The van der Waals surface area contributed by atoms with Crippen LogP contribution in [0.1, 0.15) is 6.92 Å². The van der Waals surface area contributed by atoms with Crippen molar-refractivity contribution in [3.05, 3.63) is 11.4 Å². The molecule has 0 aromatic carbocycles. The Hall–Kier alpha value is -1.68. The van der Waals surface area contributed by atoms with E-state index in [4.69, 9.17) is 16.3 Å². The van der Waals surface area contributed by atoms with Gasteiger partial charge in [0.15, 0.2) is 0 Å². The maximum atomic E-state index is 8.36. The van der Waals surface area contributed by atoms with E-state index in [9.17, 15) is 0 Å². The molecule has 0 saturated carbocycles. The van der Waals surface area contributed by atoms with E-state index in [2.05, 4.69) is 5.32 Å². The van der Waals surface area contributed by atoms with Crippen molar-refractivity contribution in [1.29, 1.82) is 10.5 Å². The smallest absolute Gasteiger partial charge is 0.147 e. The molecule has 52 valence electrons. The number of nitriles is 2. The van der Waals surface area contributed by atoms with E-state index in [0.29, 0.717) is 6.54 Å². The van der Waals surface area contributed by atoms with E-state index in [0.717, 1.165) is 0 Å². The van der Waals surface area contributed by atoms with Gasteiger partial charge in [0.1, 0.15) is 23.5 Å². The number of allylic oxidation sites excluding steroid dienone is 2. The Morgan fingerprint density at radius 3 is 2.40 bits per heavy atom. The predicted octanol–water partition coefficient (Wildman–Crippen LogP) is -0.187. The van der Waals surface area contributed by atoms with Crippen molar-refractivity contribution in [3.8, 4) is 12.1 Å². The van der Waals surface area contributed by atoms with Gasteiger partial charge in [-0.15, -0.1) is 0 Å². The normalized spacial score (nSPS) is 10.7. The highest BCUT2D eigenvalue weighted by Gasteiger charge is 1.97. The van der Waals surface area contributed by atoms with Crippen LogP contribution in [0.5, 0.6) is 0 Å². The largest absolute Gasteiger partial charge is 0.388 e. The highest BCUT2D eigenvalue weighted by Crippen LogP contribution is 1.89. The second kappa shape index (κ2) is 4.22. The van der Waals surface area contributed by atoms with E-state index < -0.39 is 0 Å². The van der Waals surface area contributed by atoms with Gasteiger partial charge in [-0.1, -0.05) is 0 Å². The molecule has 0 unspecified atom stereocenters. The summed E-state index contributed by atoms with van der Waals surface area (Å²) in [6, 6.07) is 3.45. The van der Waals surface area contributed by atoms with E-state index in [1.165, 1.54) is 0 Å². The van der Waals surface area contributed by atoms with Crippen LogP contribution in [0.2, 0.25) is 0 Å². The molecular formula is C6H8N4. The number of nitrogens with zero attached hydrogens (tertiary/aromatic N) is 2. The predicted molar refractivity (Wildman–Crippen MR) is 36.1 cm³/mol. The summed E-state index contributed by atoms with van der Waals surface area (Å²) in [7, 11) is 0. The summed E-state index contributed by atoms with van der Waals surface area (Å²) in [5.74, 6) is 0. The lowest BCUT2D eigenvalue weighted by Gasteiger charge is -1.98.